The minimum atomic E-state index is -0.102. The van der Waals surface area contributed by atoms with Gasteiger partial charge in [-0.05, 0) is 55.3 Å². The topological polar surface area (TPSA) is 70.0 Å². The van der Waals surface area contributed by atoms with Crippen LogP contribution in [0.2, 0.25) is 0 Å². The Morgan fingerprint density at radius 2 is 1.71 bits per heavy atom. The molecular weight excluding hydrogens is 456 g/mol. The van der Waals surface area contributed by atoms with Crippen molar-refractivity contribution in [3.8, 4) is 11.4 Å². The van der Waals surface area contributed by atoms with Crippen LogP contribution in [0.4, 0.5) is 0 Å². The number of thioether (sulfide) groups is 1. The van der Waals surface area contributed by atoms with Gasteiger partial charge in [0.15, 0.2) is 5.16 Å². The molecule has 0 spiro atoms. The average molecular weight is 479 g/mol. The lowest BCUT2D eigenvalue weighted by atomic mass is 10.1. The second-order valence-electron chi connectivity index (χ2n) is 8.48. The van der Waals surface area contributed by atoms with E-state index < -0.39 is 0 Å². The Kier molecular flexibility index (Phi) is 5.22. The normalized spacial score (nSPS) is 11.5. The number of aryl methyl sites for hydroxylation is 2. The molecule has 0 atom stereocenters. The second-order valence-corrected chi connectivity index (χ2v) is 9.43. The van der Waals surface area contributed by atoms with Crippen LogP contribution in [0.15, 0.2) is 95.1 Å². The van der Waals surface area contributed by atoms with Gasteiger partial charge in [-0.1, -0.05) is 54.2 Å². The lowest BCUT2D eigenvalue weighted by Crippen LogP contribution is -2.22. The fraction of sp³-hybridized carbons (Fsp3) is 0.111. The van der Waals surface area contributed by atoms with E-state index in [-0.39, 0.29) is 5.56 Å². The largest absolute Gasteiger partial charge is 0.268 e. The highest BCUT2D eigenvalue weighted by Crippen LogP contribution is 2.27. The van der Waals surface area contributed by atoms with E-state index in [0.29, 0.717) is 16.9 Å². The quantitative estimate of drug-likeness (QED) is 0.321. The highest BCUT2D eigenvalue weighted by Gasteiger charge is 2.19. The molecule has 6 rings (SSSR count). The van der Waals surface area contributed by atoms with Crippen LogP contribution in [0.1, 0.15) is 16.7 Å². The first kappa shape index (κ1) is 21.4. The molecule has 0 saturated heterocycles. The van der Waals surface area contributed by atoms with E-state index >= 15 is 0 Å². The van der Waals surface area contributed by atoms with Crippen molar-refractivity contribution in [3.05, 3.63) is 112 Å². The molecule has 0 N–H and O–H groups in total. The van der Waals surface area contributed by atoms with Crippen LogP contribution in [0.5, 0.6) is 0 Å². The minimum Gasteiger partial charge on any atom is -0.268 e. The van der Waals surface area contributed by atoms with Crippen LogP contribution in [-0.2, 0) is 5.75 Å². The zero-order chi connectivity index (χ0) is 23.9. The average Bonchev–Trinajstić information content (AvgIpc) is 3.53. The standard InChI is InChI=1S/C27H22N6OS/c1-18-12-13-19(2)24(14-18)32-25(34)22-10-6-7-11-23(22)33-26(32)29-30-27(33)35-17-20-15-28-31(16-20)21-8-4-3-5-9-21/h3-16H,17H2,1-2H3. The minimum absolute atomic E-state index is 0.102. The van der Waals surface area contributed by atoms with Crippen LogP contribution in [0, 0.1) is 13.8 Å². The smallest absolute Gasteiger partial charge is 0.267 e. The van der Waals surface area contributed by atoms with Gasteiger partial charge < -0.3 is 0 Å². The molecule has 0 radical (unpaired) electrons. The maximum absolute atomic E-state index is 13.6. The molecular formula is C27H22N6OS. The molecule has 3 aromatic carbocycles. The molecule has 0 unspecified atom stereocenters. The number of fused-ring (bicyclic) bond motifs is 3. The molecule has 0 aliphatic carbocycles. The highest BCUT2D eigenvalue weighted by molar-refractivity contribution is 7.98. The summed E-state index contributed by atoms with van der Waals surface area (Å²) in [6, 6.07) is 23.7. The van der Waals surface area contributed by atoms with E-state index in [1.165, 1.54) is 0 Å². The molecule has 0 fully saturated rings. The van der Waals surface area contributed by atoms with Crippen LogP contribution < -0.4 is 5.56 Å². The summed E-state index contributed by atoms with van der Waals surface area (Å²) in [6.45, 7) is 4.02. The van der Waals surface area contributed by atoms with E-state index in [1.54, 1.807) is 16.3 Å². The van der Waals surface area contributed by atoms with Crippen LogP contribution in [0.3, 0.4) is 0 Å². The third kappa shape index (κ3) is 3.72. The van der Waals surface area contributed by atoms with E-state index in [9.17, 15) is 4.79 Å². The first-order valence-electron chi connectivity index (χ1n) is 11.3. The van der Waals surface area contributed by atoms with E-state index in [1.807, 2.05) is 108 Å². The molecule has 35 heavy (non-hydrogen) atoms. The Morgan fingerprint density at radius 1 is 0.914 bits per heavy atom. The maximum Gasteiger partial charge on any atom is 0.267 e. The van der Waals surface area contributed by atoms with E-state index in [4.69, 9.17) is 0 Å². The molecule has 7 nitrogen and oxygen atoms in total. The van der Waals surface area contributed by atoms with Crippen molar-refractivity contribution in [2.24, 2.45) is 0 Å². The lowest BCUT2D eigenvalue weighted by molar-refractivity contribution is 0.880. The van der Waals surface area contributed by atoms with Crippen molar-refractivity contribution in [2.75, 3.05) is 0 Å². The van der Waals surface area contributed by atoms with Crippen molar-refractivity contribution in [1.82, 2.24) is 28.9 Å². The van der Waals surface area contributed by atoms with Crippen molar-refractivity contribution < 1.29 is 0 Å². The number of hydrogen-bond acceptors (Lipinski definition) is 5. The number of para-hydroxylation sites is 2. The zero-order valence-corrected chi connectivity index (χ0v) is 20.1. The van der Waals surface area contributed by atoms with Gasteiger partial charge in [0.2, 0.25) is 5.78 Å². The Bertz CT molecular complexity index is 1750. The van der Waals surface area contributed by atoms with Gasteiger partial charge in [-0.2, -0.15) is 5.10 Å². The third-order valence-electron chi connectivity index (χ3n) is 6.03. The predicted molar refractivity (Wildman–Crippen MR) is 139 cm³/mol. The Labute approximate surface area is 205 Å². The number of aromatic nitrogens is 6. The SMILES string of the molecule is Cc1ccc(C)c(-n2c(=O)c3ccccc3n3c(SCc4cnn(-c5ccccc5)c4)nnc23)c1. The molecule has 0 aliphatic rings. The summed E-state index contributed by atoms with van der Waals surface area (Å²) in [4.78, 5) is 13.6. The van der Waals surface area contributed by atoms with Gasteiger partial charge in [0.25, 0.3) is 5.56 Å². The Balaban J connectivity index is 1.45. The summed E-state index contributed by atoms with van der Waals surface area (Å²) >= 11 is 1.57. The maximum atomic E-state index is 13.6. The van der Waals surface area contributed by atoms with Gasteiger partial charge >= 0.3 is 0 Å². The van der Waals surface area contributed by atoms with E-state index in [0.717, 1.165) is 38.7 Å². The summed E-state index contributed by atoms with van der Waals surface area (Å²) in [7, 11) is 0. The van der Waals surface area contributed by atoms with Crippen LogP contribution >= 0.6 is 11.8 Å². The molecule has 3 aromatic heterocycles. The predicted octanol–water partition coefficient (Wildman–Crippen LogP) is 5.13. The van der Waals surface area contributed by atoms with Gasteiger partial charge in [0.05, 0.1) is 28.5 Å². The summed E-state index contributed by atoms with van der Waals surface area (Å²) in [5.41, 5.74) is 5.67. The van der Waals surface area contributed by atoms with Gasteiger partial charge in [0, 0.05) is 17.5 Å². The second kappa shape index (κ2) is 8.56. The van der Waals surface area contributed by atoms with Gasteiger partial charge in [-0.25, -0.2) is 9.25 Å². The Hall–Kier alpha value is -4.17. The Morgan fingerprint density at radius 3 is 2.57 bits per heavy atom. The van der Waals surface area contributed by atoms with Crippen LogP contribution in [-0.4, -0.2) is 28.9 Å². The fourth-order valence-electron chi connectivity index (χ4n) is 4.25. The third-order valence-corrected chi connectivity index (χ3v) is 7.03. The number of benzene rings is 3. The fourth-order valence-corrected chi connectivity index (χ4v) is 5.11. The molecule has 0 aliphatic heterocycles. The van der Waals surface area contributed by atoms with Gasteiger partial charge in [-0.3, -0.25) is 9.20 Å². The molecule has 3 heterocycles. The molecule has 6 aromatic rings. The summed E-state index contributed by atoms with van der Waals surface area (Å²) < 4.78 is 5.52. The zero-order valence-electron chi connectivity index (χ0n) is 19.3. The number of rotatable bonds is 5. The summed E-state index contributed by atoms with van der Waals surface area (Å²) in [5.74, 6) is 1.18. The number of hydrogen-bond donors (Lipinski definition) is 0. The highest BCUT2D eigenvalue weighted by atomic mass is 32.2. The number of nitrogens with zero attached hydrogens (tertiary/aromatic N) is 6. The molecule has 0 saturated carbocycles. The van der Waals surface area contributed by atoms with Crippen LogP contribution in [0.25, 0.3) is 28.1 Å². The molecule has 0 bridgehead atoms. The van der Waals surface area contributed by atoms with Crippen molar-refractivity contribution in [2.45, 2.75) is 24.8 Å². The first-order chi connectivity index (χ1) is 17.1. The molecule has 0 amide bonds. The van der Waals surface area contributed by atoms with Crippen molar-refractivity contribution in [1.29, 1.82) is 0 Å². The summed E-state index contributed by atoms with van der Waals surface area (Å²) in [5, 5.41) is 14.8. The summed E-state index contributed by atoms with van der Waals surface area (Å²) in [6.07, 6.45) is 3.89. The van der Waals surface area contributed by atoms with Crippen molar-refractivity contribution >= 4 is 28.4 Å². The van der Waals surface area contributed by atoms with Gasteiger partial charge in [0.1, 0.15) is 0 Å². The first-order valence-corrected chi connectivity index (χ1v) is 12.3. The molecule has 172 valence electrons. The van der Waals surface area contributed by atoms with Gasteiger partial charge in [-0.15, -0.1) is 10.2 Å². The lowest BCUT2D eigenvalue weighted by Gasteiger charge is -2.14. The van der Waals surface area contributed by atoms with E-state index in [2.05, 4.69) is 15.3 Å². The van der Waals surface area contributed by atoms with Crippen molar-refractivity contribution in [3.63, 3.8) is 0 Å². The molecule has 8 heteroatoms. The monoisotopic (exact) mass is 478 g/mol.